The van der Waals surface area contributed by atoms with Crippen LogP contribution in [0.4, 0.5) is 13.2 Å². The first-order valence-corrected chi connectivity index (χ1v) is 7.01. The monoisotopic (exact) mass is 302 g/mol. The van der Waals surface area contributed by atoms with Gasteiger partial charge in [0.25, 0.3) is 0 Å². The Labute approximate surface area is 122 Å². The molecule has 6 heteroatoms. The number of rotatable bonds is 5. The molecule has 1 aliphatic rings. The molecule has 1 fully saturated rings. The van der Waals surface area contributed by atoms with Gasteiger partial charge in [-0.05, 0) is 42.6 Å². The van der Waals surface area contributed by atoms with Crippen LogP contribution in [-0.4, -0.2) is 37.3 Å². The van der Waals surface area contributed by atoms with Gasteiger partial charge in [0.15, 0.2) is 6.61 Å². The molecule has 2 rings (SSSR count). The molecule has 2 N–H and O–H groups in total. The third kappa shape index (κ3) is 4.89. The van der Waals surface area contributed by atoms with E-state index in [0.717, 1.165) is 31.6 Å². The maximum Gasteiger partial charge on any atom is 0.422 e. The molecule has 0 amide bonds. The molecule has 0 spiro atoms. The first-order valence-electron chi connectivity index (χ1n) is 7.01. The van der Waals surface area contributed by atoms with Crippen molar-refractivity contribution in [2.24, 2.45) is 11.1 Å². The second kappa shape index (κ2) is 6.23. The molecule has 1 atom stereocenters. The molecule has 0 bridgehead atoms. The maximum atomic E-state index is 12.1. The van der Waals surface area contributed by atoms with Crippen molar-refractivity contribution >= 4 is 0 Å². The van der Waals surface area contributed by atoms with E-state index in [1.807, 2.05) is 12.1 Å². The standard InChI is InChI=1S/C15H21F3N2O/c1-14(9-19)6-7-20(10-14)8-12-2-4-13(5-3-12)21-11-15(16,17)18/h2-5H,6-11,19H2,1H3. The Balaban J connectivity index is 1.86. The number of halogens is 3. The van der Waals surface area contributed by atoms with Crippen molar-refractivity contribution in [1.29, 1.82) is 0 Å². The minimum absolute atomic E-state index is 0.176. The molecular formula is C15H21F3N2O. The fourth-order valence-electron chi connectivity index (χ4n) is 2.54. The van der Waals surface area contributed by atoms with Gasteiger partial charge >= 0.3 is 6.18 Å². The van der Waals surface area contributed by atoms with Crippen LogP contribution in [0.15, 0.2) is 24.3 Å². The molecule has 3 nitrogen and oxygen atoms in total. The molecule has 21 heavy (non-hydrogen) atoms. The molecule has 0 radical (unpaired) electrons. The molecule has 118 valence electrons. The van der Waals surface area contributed by atoms with Crippen molar-refractivity contribution in [3.8, 4) is 5.75 Å². The number of nitrogens with two attached hydrogens (primary N) is 1. The number of nitrogens with zero attached hydrogens (tertiary/aromatic N) is 1. The second-order valence-corrected chi connectivity index (χ2v) is 6.02. The third-order valence-corrected chi connectivity index (χ3v) is 3.86. The fraction of sp³-hybridized carbons (Fsp3) is 0.600. The highest BCUT2D eigenvalue weighted by atomic mass is 19.4. The Morgan fingerprint density at radius 2 is 1.95 bits per heavy atom. The minimum atomic E-state index is -4.30. The average Bonchev–Trinajstić information content (AvgIpc) is 2.79. The average molecular weight is 302 g/mol. The van der Waals surface area contributed by atoms with E-state index < -0.39 is 12.8 Å². The Morgan fingerprint density at radius 3 is 2.48 bits per heavy atom. The summed E-state index contributed by atoms with van der Waals surface area (Å²) < 4.78 is 40.9. The van der Waals surface area contributed by atoms with Gasteiger partial charge in [0.1, 0.15) is 5.75 Å². The lowest BCUT2D eigenvalue weighted by Gasteiger charge is -2.22. The quantitative estimate of drug-likeness (QED) is 0.909. The number of likely N-dealkylation sites (tertiary alicyclic amines) is 1. The van der Waals surface area contributed by atoms with Crippen molar-refractivity contribution in [3.63, 3.8) is 0 Å². The smallest absolute Gasteiger partial charge is 0.422 e. The maximum absolute atomic E-state index is 12.1. The van der Waals surface area contributed by atoms with E-state index in [-0.39, 0.29) is 11.2 Å². The SMILES string of the molecule is CC1(CN)CCN(Cc2ccc(OCC(F)(F)F)cc2)C1. The number of hydrogen-bond donors (Lipinski definition) is 1. The second-order valence-electron chi connectivity index (χ2n) is 6.02. The van der Waals surface area contributed by atoms with Crippen LogP contribution in [0.1, 0.15) is 18.9 Å². The van der Waals surface area contributed by atoms with Crippen LogP contribution in [0, 0.1) is 5.41 Å². The van der Waals surface area contributed by atoms with E-state index in [0.29, 0.717) is 6.54 Å². The molecule has 1 aromatic carbocycles. The molecule has 1 heterocycles. The summed E-state index contributed by atoms with van der Waals surface area (Å²) in [6.07, 6.45) is -3.23. The van der Waals surface area contributed by atoms with Gasteiger partial charge in [-0.2, -0.15) is 13.2 Å². The summed E-state index contributed by atoms with van der Waals surface area (Å²) in [7, 11) is 0. The zero-order valence-corrected chi connectivity index (χ0v) is 12.1. The van der Waals surface area contributed by atoms with E-state index in [4.69, 9.17) is 10.5 Å². The molecule has 0 saturated carbocycles. The van der Waals surface area contributed by atoms with Crippen molar-refractivity contribution in [1.82, 2.24) is 4.90 Å². The van der Waals surface area contributed by atoms with E-state index >= 15 is 0 Å². The van der Waals surface area contributed by atoms with Crippen LogP contribution < -0.4 is 10.5 Å². The third-order valence-electron chi connectivity index (χ3n) is 3.86. The molecule has 0 aromatic heterocycles. The van der Waals surface area contributed by atoms with E-state index in [1.165, 1.54) is 0 Å². The number of alkyl halides is 3. The van der Waals surface area contributed by atoms with Gasteiger partial charge in [-0.15, -0.1) is 0 Å². The van der Waals surface area contributed by atoms with E-state index in [9.17, 15) is 13.2 Å². The van der Waals surface area contributed by atoms with Crippen LogP contribution >= 0.6 is 0 Å². The van der Waals surface area contributed by atoms with Crippen LogP contribution in [-0.2, 0) is 6.54 Å². The summed E-state index contributed by atoms with van der Waals surface area (Å²) in [5.74, 6) is 0.240. The van der Waals surface area contributed by atoms with Gasteiger partial charge in [0.05, 0.1) is 0 Å². The normalized spacial score (nSPS) is 23.5. The van der Waals surface area contributed by atoms with Gasteiger partial charge in [-0.1, -0.05) is 19.1 Å². The first-order chi connectivity index (χ1) is 9.80. The van der Waals surface area contributed by atoms with Gasteiger partial charge in [-0.3, -0.25) is 4.90 Å². The van der Waals surface area contributed by atoms with Crippen molar-refractivity contribution in [2.75, 3.05) is 26.2 Å². The van der Waals surface area contributed by atoms with Crippen molar-refractivity contribution in [2.45, 2.75) is 26.1 Å². The largest absolute Gasteiger partial charge is 0.484 e. The summed E-state index contributed by atoms with van der Waals surface area (Å²) in [6.45, 7) is 4.34. The Morgan fingerprint density at radius 1 is 1.29 bits per heavy atom. The molecule has 1 aromatic rings. The van der Waals surface area contributed by atoms with E-state index in [1.54, 1.807) is 12.1 Å². The van der Waals surface area contributed by atoms with Crippen LogP contribution in [0.5, 0.6) is 5.75 Å². The van der Waals surface area contributed by atoms with Crippen molar-refractivity contribution < 1.29 is 17.9 Å². The number of ether oxygens (including phenoxy) is 1. The molecule has 0 aliphatic carbocycles. The number of benzene rings is 1. The van der Waals surface area contributed by atoms with Gasteiger partial charge in [0.2, 0.25) is 0 Å². The number of hydrogen-bond acceptors (Lipinski definition) is 3. The predicted molar refractivity (Wildman–Crippen MR) is 75.0 cm³/mol. The Hall–Kier alpha value is -1.27. The predicted octanol–water partition coefficient (Wildman–Crippen LogP) is 2.80. The lowest BCUT2D eigenvalue weighted by Crippen LogP contribution is -2.31. The molecule has 1 aliphatic heterocycles. The Bertz CT molecular complexity index is 461. The summed E-state index contributed by atoms with van der Waals surface area (Å²) in [5.41, 5.74) is 7.02. The lowest BCUT2D eigenvalue weighted by atomic mass is 9.90. The Kier molecular flexibility index (Phi) is 4.78. The molecule has 1 saturated heterocycles. The lowest BCUT2D eigenvalue weighted by molar-refractivity contribution is -0.153. The zero-order chi connectivity index (χ0) is 15.5. The van der Waals surface area contributed by atoms with Crippen LogP contribution in [0.2, 0.25) is 0 Å². The first kappa shape index (κ1) is 16.1. The van der Waals surface area contributed by atoms with Gasteiger partial charge in [0, 0.05) is 13.1 Å². The summed E-state index contributed by atoms with van der Waals surface area (Å²) in [5, 5.41) is 0. The fourth-order valence-corrected chi connectivity index (χ4v) is 2.54. The van der Waals surface area contributed by atoms with Crippen LogP contribution in [0.25, 0.3) is 0 Å². The van der Waals surface area contributed by atoms with E-state index in [2.05, 4.69) is 11.8 Å². The van der Waals surface area contributed by atoms with Gasteiger partial charge < -0.3 is 10.5 Å². The summed E-state index contributed by atoms with van der Waals surface area (Å²) in [4.78, 5) is 2.32. The summed E-state index contributed by atoms with van der Waals surface area (Å²) in [6, 6.07) is 6.78. The topological polar surface area (TPSA) is 38.5 Å². The highest BCUT2D eigenvalue weighted by Gasteiger charge is 2.32. The highest BCUT2D eigenvalue weighted by molar-refractivity contribution is 5.27. The minimum Gasteiger partial charge on any atom is -0.484 e. The van der Waals surface area contributed by atoms with Crippen LogP contribution in [0.3, 0.4) is 0 Å². The molecular weight excluding hydrogens is 281 g/mol. The molecule has 1 unspecified atom stereocenters. The van der Waals surface area contributed by atoms with Gasteiger partial charge in [-0.25, -0.2) is 0 Å². The highest BCUT2D eigenvalue weighted by Crippen LogP contribution is 2.29. The van der Waals surface area contributed by atoms with Crippen molar-refractivity contribution in [3.05, 3.63) is 29.8 Å². The summed E-state index contributed by atoms with van der Waals surface area (Å²) >= 11 is 0. The zero-order valence-electron chi connectivity index (χ0n) is 12.1.